The standard InChI is InChI=1S/C29H46N2O7.C22H40N2O7.C12H25NO2.3CO2.ClH/c1-27(2,3)22(16-18-24(33)37-28(4,5)6)31-26(35)30-21(25(34)38-29(7,8)9)15-17-23(32)36-19-20-13-11-10-12-14-20;1-20(2,3)15(11-13-17(27)30-21(4,5)6)24-19(29)23-14(10-12-16(25)26)18(28)31-22(7,8)9;1-11(2,3)9(13)7-8-10(14)15-12(4,5)6;3*2-1-3;/h10-14,21-22H,15-19H2,1-9H3,(H2,30,31,35);14-15H,10-13H2,1-9H3,(H,25,26)(H2,23,24,29);9H,7-8,13H2,1-6H3;;;;1H/t21-,22-;14-,15-;9-;;;;/m000..../s1. The lowest BCUT2D eigenvalue weighted by atomic mass is 9.84. The topological polar surface area (TPSA) is 406 Å². The molecule has 4 amide bonds. The smallest absolute Gasteiger partial charge is 0.373 e. The van der Waals surface area contributed by atoms with Crippen LogP contribution in [0.1, 0.15) is 236 Å². The molecule has 0 saturated heterocycles. The molecule has 0 aliphatic heterocycles. The van der Waals surface area contributed by atoms with Crippen molar-refractivity contribution in [1.82, 2.24) is 21.3 Å². The highest BCUT2D eigenvalue weighted by Gasteiger charge is 2.34. The number of rotatable bonds is 23. The predicted molar refractivity (Wildman–Crippen MR) is 346 cm³/mol. The summed E-state index contributed by atoms with van der Waals surface area (Å²) in [5, 5.41) is 19.8. The average Bonchev–Trinajstić information content (AvgIpc) is 0.892. The van der Waals surface area contributed by atoms with Gasteiger partial charge in [0, 0.05) is 50.2 Å². The predicted octanol–water partition coefficient (Wildman–Crippen LogP) is 9.61. The summed E-state index contributed by atoms with van der Waals surface area (Å²) in [6.07, 6.45) is 2.30. The molecular formula is C66H112ClN5O22. The fraction of sp³-hybridized carbons (Fsp3) is 0.727. The average molecular weight is 1360 g/mol. The van der Waals surface area contributed by atoms with Gasteiger partial charge in [0.2, 0.25) is 0 Å². The van der Waals surface area contributed by atoms with E-state index in [-0.39, 0.29) is 122 Å². The quantitative estimate of drug-likeness (QED) is 0.0438. The van der Waals surface area contributed by atoms with Crippen LogP contribution in [-0.4, -0.2) is 136 Å². The molecule has 1 rings (SSSR count). The highest BCUT2D eigenvalue weighted by atomic mass is 35.5. The number of nitrogens with one attached hydrogen (secondary N) is 4. The van der Waals surface area contributed by atoms with Crippen molar-refractivity contribution < 1.29 is 105 Å². The van der Waals surface area contributed by atoms with Crippen LogP contribution >= 0.6 is 12.4 Å². The molecule has 0 aliphatic rings. The van der Waals surface area contributed by atoms with E-state index in [4.69, 9.17) is 68.0 Å². The Balaban J connectivity index is -0.000000308. The fourth-order valence-electron chi connectivity index (χ4n) is 7.15. The number of carboxylic acid groups (broad SMARTS) is 1. The third-order valence-corrected chi connectivity index (χ3v) is 11.5. The Morgan fingerprint density at radius 1 is 0.404 bits per heavy atom. The Kier molecular flexibility index (Phi) is 48.3. The molecule has 7 N–H and O–H groups in total. The van der Waals surface area contributed by atoms with E-state index in [0.717, 1.165) is 5.56 Å². The second-order valence-corrected chi connectivity index (χ2v) is 29.5. The number of carbonyl (C=O) groups is 9. The maximum absolute atomic E-state index is 12.9. The van der Waals surface area contributed by atoms with Gasteiger partial charge >= 0.3 is 72.3 Å². The zero-order valence-corrected chi connectivity index (χ0v) is 60.9. The summed E-state index contributed by atoms with van der Waals surface area (Å²) in [6.45, 7) is 44.5. The van der Waals surface area contributed by atoms with Crippen molar-refractivity contribution in [2.75, 3.05) is 0 Å². The van der Waals surface area contributed by atoms with Gasteiger partial charge < -0.3 is 60.5 Å². The van der Waals surface area contributed by atoms with Crippen molar-refractivity contribution in [2.45, 2.75) is 295 Å². The van der Waals surface area contributed by atoms with Gasteiger partial charge in [0.25, 0.3) is 0 Å². The van der Waals surface area contributed by atoms with E-state index < -0.39 is 82.1 Å². The van der Waals surface area contributed by atoms with Crippen LogP contribution in [0.3, 0.4) is 0 Å². The van der Waals surface area contributed by atoms with Gasteiger partial charge in [-0.05, 0) is 158 Å². The number of esters is 6. The van der Waals surface area contributed by atoms with E-state index in [1.807, 2.05) is 92.6 Å². The fourth-order valence-corrected chi connectivity index (χ4v) is 7.15. The molecule has 5 atom stereocenters. The third-order valence-electron chi connectivity index (χ3n) is 11.5. The molecule has 0 bridgehead atoms. The molecule has 0 unspecified atom stereocenters. The van der Waals surface area contributed by atoms with E-state index in [2.05, 4.69) is 42.0 Å². The number of carboxylic acids is 1. The summed E-state index contributed by atoms with van der Waals surface area (Å²) < 4.78 is 32.0. The second-order valence-electron chi connectivity index (χ2n) is 29.5. The third kappa shape index (κ3) is 61.9. The molecule has 0 radical (unpaired) electrons. The number of hydrogen-bond acceptors (Lipinski definition) is 22. The van der Waals surface area contributed by atoms with Crippen molar-refractivity contribution in [2.24, 2.45) is 22.0 Å². The van der Waals surface area contributed by atoms with Gasteiger partial charge in [-0.2, -0.15) is 28.8 Å². The number of urea groups is 2. The van der Waals surface area contributed by atoms with Gasteiger partial charge in [0.05, 0.1) is 0 Å². The number of amides is 4. The Morgan fingerprint density at radius 3 is 0.947 bits per heavy atom. The molecular weight excluding hydrogens is 1250 g/mol. The zero-order valence-electron chi connectivity index (χ0n) is 60.1. The number of hydrogen-bond donors (Lipinski definition) is 6. The van der Waals surface area contributed by atoms with E-state index >= 15 is 0 Å². The molecule has 540 valence electrons. The second kappa shape index (κ2) is 46.5. The number of benzene rings is 1. The van der Waals surface area contributed by atoms with Crippen molar-refractivity contribution in [3.63, 3.8) is 0 Å². The van der Waals surface area contributed by atoms with E-state index in [0.29, 0.717) is 25.7 Å². The lowest BCUT2D eigenvalue weighted by Gasteiger charge is -2.32. The van der Waals surface area contributed by atoms with Crippen molar-refractivity contribution >= 4 is 84.7 Å². The lowest BCUT2D eigenvalue weighted by Crippen LogP contribution is -2.53. The molecule has 1 aromatic rings. The highest BCUT2D eigenvalue weighted by Crippen LogP contribution is 2.26. The van der Waals surface area contributed by atoms with E-state index in [1.165, 1.54) is 0 Å². The van der Waals surface area contributed by atoms with Crippen molar-refractivity contribution in [3.8, 4) is 0 Å². The summed E-state index contributed by atoms with van der Waals surface area (Å²) >= 11 is 0. The minimum Gasteiger partial charge on any atom is -0.481 e. The summed E-state index contributed by atoms with van der Waals surface area (Å²) in [7, 11) is 0. The van der Waals surface area contributed by atoms with Crippen LogP contribution in [0.4, 0.5) is 9.59 Å². The normalized spacial score (nSPS) is 12.8. The largest absolute Gasteiger partial charge is 0.481 e. The minimum absolute atomic E-state index is 0. The van der Waals surface area contributed by atoms with E-state index in [1.54, 1.807) is 83.1 Å². The molecule has 0 aliphatic carbocycles. The van der Waals surface area contributed by atoms with Crippen LogP contribution in [0.25, 0.3) is 0 Å². The monoisotopic (exact) mass is 1360 g/mol. The van der Waals surface area contributed by atoms with Crippen LogP contribution in [0.2, 0.25) is 0 Å². The molecule has 0 fully saturated rings. The Labute approximate surface area is 562 Å². The molecule has 0 aromatic heterocycles. The van der Waals surface area contributed by atoms with Gasteiger partial charge in [-0.1, -0.05) is 92.6 Å². The van der Waals surface area contributed by atoms with Crippen LogP contribution in [0.5, 0.6) is 0 Å². The first kappa shape index (κ1) is 97.5. The molecule has 0 heterocycles. The van der Waals surface area contributed by atoms with Crippen LogP contribution in [-0.2, 0) is 97.4 Å². The number of ether oxygens (including phenoxy) is 6. The SMILES string of the molecule is CC(C)(C)OC(=O)CC[C@H](N)C(C)(C)C.CC(C)(C)OC(=O)CC[C@H](NC(=O)N[C@@H](CCC(=O)O)C(=O)OC(C)(C)C)C(C)(C)C.CC(C)(C)OC(=O)CC[C@H](NC(=O)N[C@@H](CCC(=O)OCc1ccccc1)C(=O)OC(C)(C)C)C(C)(C)C.Cl.O=C=O.O=C=O.O=C=O. The maximum atomic E-state index is 12.9. The molecule has 28 heteroatoms. The Hall–Kier alpha value is -7.56. The number of nitrogens with two attached hydrogens (primary N) is 1. The van der Waals surface area contributed by atoms with Crippen LogP contribution < -0.4 is 27.0 Å². The minimum atomic E-state index is -1.11. The molecule has 94 heavy (non-hydrogen) atoms. The molecule has 1 aromatic carbocycles. The first-order valence-corrected chi connectivity index (χ1v) is 30.3. The number of halogens is 1. The first-order valence-electron chi connectivity index (χ1n) is 30.3. The number of aliphatic carboxylic acids is 1. The Morgan fingerprint density at radius 2 is 0.681 bits per heavy atom. The van der Waals surface area contributed by atoms with Gasteiger partial charge in [-0.15, -0.1) is 12.4 Å². The van der Waals surface area contributed by atoms with Crippen molar-refractivity contribution in [3.05, 3.63) is 35.9 Å². The lowest BCUT2D eigenvalue weighted by molar-refractivity contribution is -0.193. The van der Waals surface area contributed by atoms with Crippen LogP contribution in [0.15, 0.2) is 30.3 Å². The summed E-state index contributed by atoms with van der Waals surface area (Å²) in [5.41, 5.74) is 2.96. The molecule has 0 spiro atoms. The Bertz CT molecular complexity index is 2510. The van der Waals surface area contributed by atoms with Gasteiger partial charge in [-0.25, -0.2) is 19.2 Å². The van der Waals surface area contributed by atoms with Crippen molar-refractivity contribution in [1.29, 1.82) is 0 Å². The van der Waals surface area contributed by atoms with Gasteiger partial charge in [0.1, 0.15) is 46.7 Å². The van der Waals surface area contributed by atoms with E-state index in [9.17, 15) is 43.2 Å². The zero-order chi connectivity index (χ0) is 74.2. The summed E-state index contributed by atoms with van der Waals surface area (Å²) in [4.78, 5) is 158. The molecule has 27 nitrogen and oxygen atoms in total. The summed E-state index contributed by atoms with van der Waals surface area (Å²) in [5.74, 6) is -3.81. The maximum Gasteiger partial charge on any atom is 0.373 e. The first-order chi connectivity index (χ1) is 41.9. The van der Waals surface area contributed by atoms with Crippen LogP contribution in [0, 0.1) is 16.2 Å². The summed E-state index contributed by atoms with van der Waals surface area (Å²) in [6, 6.07) is 5.11. The van der Waals surface area contributed by atoms with Gasteiger partial charge in [0.15, 0.2) is 0 Å². The van der Waals surface area contributed by atoms with Gasteiger partial charge in [-0.3, -0.25) is 24.0 Å². The number of carbonyl (C=O) groups excluding carboxylic acids is 14. The molecule has 0 saturated carbocycles. The highest BCUT2D eigenvalue weighted by molar-refractivity contribution is 5.86.